The van der Waals surface area contributed by atoms with Crippen molar-refractivity contribution in [1.29, 1.82) is 0 Å². The van der Waals surface area contributed by atoms with Gasteiger partial charge in [0.25, 0.3) is 11.6 Å². The van der Waals surface area contributed by atoms with Crippen molar-refractivity contribution >= 4 is 74.2 Å². The monoisotopic (exact) mass is 644 g/mol. The first-order valence-electron chi connectivity index (χ1n) is 12.3. The van der Waals surface area contributed by atoms with Crippen molar-refractivity contribution < 1.29 is 28.8 Å². The van der Waals surface area contributed by atoms with Crippen LogP contribution in [-0.4, -0.2) is 52.1 Å². The van der Waals surface area contributed by atoms with Crippen molar-refractivity contribution in [3.05, 3.63) is 80.6 Å². The SMILES string of the molecule is CC(=O)OC(c1ccc2c(c1)nc1n2SCCC1)C1(Br)C(=O)N2C(C(=O)OCc3ccc([N+](=O)[O-])cc3)=CS[C@@H]21. The lowest BCUT2D eigenvalue weighted by molar-refractivity contribution is -0.384. The number of hydrogen-bond acceptors (Lipinski definition) is 10. The van der Waals surface area contributed by atoms with E-state index in [4.69, 9.17) is 14.5 Å². The summed E-state index contributed by atoms with van der Waals surface area (Å²) in [5.74, 6) is 0.304. The number of nitro groups is 1. The maximum atomic E-state index is 13.6. The summed E-state index contributed by atoms with van der Waals surface area (Å²) in [6.07, 6.45) is 0.968. The zero-order valence-electron chi connectivity index (χ0n) is 20.9. The summed E-state index contributed by atoms with van der Waals surface area (Å²) in [6, 6.07) is 11.3. The molecule has 0 N–H and O–H groups in total. The number of thioether (sulfide) groups is 1. The Morgan fingerprint density at radius 3 is 2.77 bits per heavy atom. The molecule has 3 atom stereocenters. The Bertz CT molecular complexity index is 1610. The third-order valence-electron chi connectivity index (χ3n) is 6.87. The van der Waals surface area contributed by atoms with Gasteiger partial charge in [-0.3, -0.25) is 28.6 Å². The van der Waals surface area contributed by atoms with Gasteiger partial charge in [0.05, 0.1) is 16.0 Å². The van der Waals surface area contributed by atoms with Gasteiger partial charge in [0, 0.05) is 36.6 Å². The van der Waals surface area contributed by atoms with E-state index in [1.807, 2.05) is 18.2 Å². The van der Waals surface area contributed by atoms with Gasteiger partial charge in [-0.05, 0) is 53.8 Å². The molecular formula is C26H21BrN4O7S2. The van der Waals surface area contributed by atoms with Gasteiger partial charge in [-0.1, -0.05) is 22.0 Å². The molecule has 3 aromatic rings. The number of carbonyl (C=O) groups is 3. The lowest BCUT2D eigenvalue weighted by Gasteiger charge is -2.51. The van der Waals surface area contributed by atoms with Crippen LogP contribution in [-0.2, 0) is 36.9 Å². The highest BCUT2D eigenvalue weighted by Gasteiger charge is 2.69. The largest absolute Gasteiger partial charge is 0.456 e. The van der Waals surface area contributed by atoms with Crippen LogP contribution in [0.3, 0.4) is 0 Å². The van der Waals surface area contributed by atoms with Crippen molar-refractivity contribution in [2.75, 3.05) is 5.75 Å². The van der Waals surface area contributed by atoms with Gasteiger partial charge >= 0.3 is 11.9 Å². The topological polar surface area (TPSA) is 134 Å². The van der Waals surface area contributed by atoms with Gasteiger partial charge in [0.15, 0.2) is 10.4 Å². The van der Waals surface area contributed by atoms with Gasteiger partial charge in [-0.25, -0.2) is 9.78 Å². The van der Waals surface area contributed by atoms with Gasteiger partial charge < -0.3 is 9.47 Å². The molecular weight excluding hydrogens is 624 g/mol. The van der Waals surface area contributed by atoms with Gasteiger partial charge in [0.1, 0.15) is 23.5 Å². The van der Waals surface area contributed by atoms with E-state index in [0.717, 1.165) is 35.5 Å². The number of benzene rings is 2. The Balaban J connectivity index is 1.21. The maximum absolute atomic E-state index is 13.6. The van der Waals surface area contributed by atoms with E-state index in [9.17, 15) is 24.5 Å². The van der Waals surface area contributed by atoms with Gasteiger partial charge in [-0.2, -0.15) is 0 Å². The second kappa shape index (κ2) is 10.2. The number of imidazole rings is 1. The van der Waals surface area contributed by atoms with E-state index in [1.54, 1.807) is 17.4 Å². The number of aryl methyl sites for hydroxylation is 1. The number of amides is 1. The highest BCUT2D eigenvalue weighted by molar-refractivity contribution is 9.10. The fourth-order valence-corrected chi connectivity index (χ4v) is 8.29. The zero-order valence-corrected chi connectivity index (χ0v) is 24.2. The number of aromatic nitrogens is 2. The summed E-state index contributed by atoms with van der Waals surface area (Å²) < 4.78 is 11.9. The number of nitrogens with zero attached hydrogens (tertiary/aromatic N) is 4. The molecule has 6 rings (SSSR count). The molecule has 0 radical (unpaired) electrons. The molecule has 3 aliphatic heterocycles. The normalized spacial score (nSPS) is 22.1. The van der Waals surface area contributed by atoms with E-state index in [1.165, 1.54) is 47.9 Å². The number of rotatable bonds is 7. The van der Waals surface area contributed by atoms with E-state index >= 15 is 0 Å². The molecule has 1 amide bonds. The van der Waals surface area contributed by atoms with Gasteiger partial charge in [0.2, 0.25) is 0 Å². The molecule has 3 aliphatic rings. The summed E-state index contributed by atoms with van der Waals surface area (Å²) in [5, 5.41) is 11.8. The predicted molar refractivity (Wildman–Crippen MR) is 151 cm³/mol. The van der Waals surface area contributed by atoms with E-state index in [2.05, 4.69) is 19.9 Å². The molecule has 1 saturated heterocycles. The summed E-state index contributed by atoms with van der Waals surface area (Å²) in [5.41, 5.74) is 2.91. The molecule has 40 heavy (non-hydrogen) atoms. The number of hydrogen-bond donors (Lipinski definition) is 0. The van der Waals surface area contributed by atoms with Crippen LogP contribution in [0.15, 0.2) is 53.6 Å². The molecule has 2 unspecified atom stereocenters. The molecule has 14 heteroatoms. The number of nitro benzene ring substituents is 1. The van der Waals surface area contributed by atoms with Crippen molar-refractivity contribution in [2.45, 2.75) is 42.2 Å². The smallest absolute Gasteiger partial charge is 0.355 e. The van der Waals surface area contributed by atoms with Crippen LogP contribution >= 0.6 is 39.6 Å². The second-order valence-electron chi connectivity index (χ2n) is 9.43. The molecule has 0 spiro atoms. The van der Waals surface area contributed by atoms with Crippen LogP contribution in [0.1, 0.15) is 36.4 Å². The molecule has 0 bridgehead atoms. The first-order chi connectivity index (χ1) is 19.2. The minimum atomic E-state index is -1.32. The maximum Gasteiger partial charge on any atom is 0.355 e. The highest BCUT2D eigenvalue weighted by Crippen LogP contribution is 2.58. The van der Waals surface area contributed by atoms with Crippen LogP contribution in [0.5, 0.6) is 0 Å². The van der Waals surface area contributed by atoms with Crippen molar-refractivity contribution in [1.82, 2.24) is 13.9 Å². The lowest BCUT2D eigenvalue weighted by atomic mass is 9.86. The molecule has 11 nitrogen and oxygen atoms in total. The Kier molecular flexibility index (Phi) is 6.87. The van der Waals surface area contributed by atoms with Crippen LogP contribution < -0.4 is 0 Å². The number of ether oxygens (including phenoxy) is 2. The van der Waals surface area contributed by atoms with Crippen LogP contribution in [0.25, 0.3) is 11.0 Å². The van der Waals surface area contributed by atoms with E-state index in [-0.39, 0.29) is 18.0 Å². The van der Waals surface area contributed by atoms with Crippen LogP contribution in [0.2, 0.25) is 0 Å². The summed E-state index contributed by atoms with van der Waals surface area (Å²) in [7, 11) is 0. The minimum absolute atomic E-state index is 0.0689. The first kappa shape index (κ1) is 26.8. The van der Waals surface area contributed by atoms with E-state index in [0.29, 0.717) is 11.1 Å². The standard InChI is InChI=1S/C26H21BrN4O7S2/c1-14(32)38-22(16-6-9-19-18(11-16)28-21-3-2-10-40-30(19)21)26(27)24(34)29-20(13-39-25(26)29)23(33)37-12-15-4-7-17(8-5-15)31(35)36/h4-9,11,13,22,25H,2-3,10,12H2,1H3/t22?,25-,26?/m1/s1. The number of fused-ring (bicyclic) bond motifs is 4. The number of carbonyl (C=O) groups excluding carboxylic acids is 3. The molecule has 4 heterocycles. The third-order valence-corrected chi connectivity index (χ3v) is 10.7. The predicted octanol–water partition coefficient (Wildman–Crippen LogP) is 4.62. The third kappa shape index (κ3) is 4.38. The van der Waals surface area contributed by atoms with Crippen molar-refractivity contribution in [2.24, 2.45) is 0 Å². The molecule has 206 valence electrons. The molecule has 2 aromatic carbocycles. The Labute approximate surface area is 244 Å². The van der Waals surface area contributed by atoms with Crippen molar-refractivity contribution in [3.63, 3.8) is 0 Å². The summed E-state index contributed by atoms with van der Waals surface area (Å²) in [6.45, 7) is 1.17. The van der Waals surface area contributed by atoms with E-state index < -0.39 is 38.6 Å². The average molecular weight is 646 g/mol. The Morgan fingerprint density at radius 1 is 1.27 bits per heavy atom. The Morgan fingerprint density at radius 2 is 2.05 bits per heavy atom. The van der Waals surface area contributed by atoms with Crippen LogP contribution in [0, 0.1) is 10.1 Å². The highest BCUT2D eigenvalue weighted by atomic mass is 79.9. The number of halogens is 1. The number of esters is 2. The molecule has 1 fully saturated rings. The average Bonchev–Trinajstić information content (AvgIpc) is 3.54. The zero-order chi connectivity index (χ0) is 28.2. The molecule has 0 saturated carbocycles. The fourth-order valence-electron chi connectivity index (χ4n) is 4.96. The van der Waals surface area contributed by atoms with Crippen molar-refractivity contribution in [3.8, 4) is 0 Å². The Hall–Kier alpha value is -3.36. The van der Waals surface area contributed by atoms with Crippen LogP contribution in [0.4, 0.5) is 5.69 Å². The number of non-ortho nitro benzene ring substituents is 1. The molecule has 0 aliphatic carbocycles. The second-order valence-corrected chi connectivity index (χ2v) is 12.7. The number of alkyl halides is 1. The quantitative estimate of drug-likeness (QED) is 0.118. The lowest BCUT2D eigenvalue weighted by Crippen LogP contribution is -2.70. The first-order valence-corrected chi connectivity index (χ1v) is 15.0. The van der Waals surface area contributed by atoms with Gasteiger partial charge in [-0.15, -0.1) is 11.8 Å². The number of β-lactam (4-membered cyclic amide) rings is 1. The summed E-state index contributed by atoms with van der Waals surface area (Å²) in [4.78, 5) is 55.1. The minimum Gasteiger partial charge on any atom is -0.456 e. The fraction of sp³-hybridized carbons (Fsp3) is 0.308. The summed E-state index contributed by atoms with van der Waals surface area (Å²) >= 11 is 6.56. The molecule has 1 aromatic heterocycles.